The minimum absolute atomic E-state index is 0.0631. The van der Waals surface area contributed by atoms with Crippen molar-refractivity contribution >= 4 is 37.6 Å². The van der Waals surface area contributed by atoms with Gasteiger partial charge in [0.25, 0.3) is 0 Å². The summed E-state index contributed by atoms with van der Waals surface area (Å²) in [4.78, 5) is 13.0. The summed E-state index contributed by atoms with van der Waals surface area (Å²) in [5.74, 6) is -4.72. The number of nitrogens with zero attached hydrogens (tertiary/aromatic N) is 3. The Balaban J connectivity index is 1.87. The van der Waals surface area contributed by atoms with Crippen LogP contribution >= 0.6 is 11.6 Å². The summed E-state index contributed by atoms with van der Waals surface area (Å²) in [7, 11) is -5.07. The van der Waals surface area contributed by atoms with Crippen molar-refractivity contribution in [3.8, 4) is 11.5 Å². The number of hydrogen-bond donors (Lipinski definition) is 1. The number of ether oxygens (including phenoxy) is 1. The molecule has 3 rings (SSSR count). The largest absolute Gasteiger partial charge is 0.451 e. The summed E-state index contributed by atoms with van der Waals surface area (Å²) < 4.78 is 88.1. The van der Waals surface area contributed by atoms with Crippen LogP contribution in [-0.4, -0.2) is 88.3 Å². The molecular weight excluding hydrogens is 542 g/mol. The van der Waals surface area contributed by atoms with Crippen LogP contribution < -0.4 is 10.5 Å². The van der Waals surface area contributed by atoms with Gasteiger partial charge in [0.05, 0.1) is 10.6 Å². The van der Waals surface area contributed by atoms with Crippen LogP contribution in [0.2, 0.25) is 5.02 Å². The predicted molar refractivity (Wildman–Crippen MR) is 129 cm³/mol. The highest BCUT2D eigenvalue weighted by Crippen LogP contribution is 2.32. The topological polar surface area (TPSA) is 130 Å². The Morgan fingerprint density at radius 3 is 2.22 bits per heavy atom. The molecule has 0 aliphatic carbocycles. The van der Waals surface area contributed by atoms with Crippen LogP contribution in [0.5, 0.6) is 11.5 Å². The zero-order valence-electron chi connectivity index (χ0n) is 19.4. The van der Waals surface area contributed by atoms with Crippen LogP contribution in [0.3, 0.4) is 0 Å². The van der Waals surface area contributed by atoms with E-state index < -0.39 is 67.4 Å². The standard InChI is InChI=1S/C21H25ClF2N4O6S2/c1-26(2)9-10-35(30,31)27-7-8-28(19(13-27)21(25)29)36(32,33)16-11-17(23)20(18(24)12-16)34-15-5-3-14(22)4-6-15/h3-6,11-12,19H,7-10,13H2,1-2H3,(H2,25,29)/t19-/m1/s1. The van der Waals surface area contributed by atoms with Gasteiger partial charge < -0.3 is 15.4 Å². The van der Waals surface area contributed by atoms with Crippen LogP contribution in [0.1, 0.15) is 0 Å². The van der Waals surface area contributed by atoms with Gasteiger partial charge in [0.1, 0.15) is 11.8 Å². The van der Waals surface area contributed by atoms with Crippen molar-refractivity contribution < 1.29 is 35.1 Å². The molecule has 0 bridgehead atoms. The van der Waals surface area contributed by atoms with Gasteiger partial charge >= 0.3 is 0 Å². The predicted octanol–water partition coefficient (Wildman–Crippen LogP) is 1.46. The molecule has 2 aromatic rings. The molecule has 36 heavy (non-hydrogen) atoms. The fraction of sp³-hybridized carbons (Fsp3) is 0.381. The molecule has 1 atom stereocenters. The lowest BCUT2D eigenvalue weighted by atomic mass is 10.2. The number of rotatable bonds is 9. The minimum Gasteiger partial charge on any atom is -0.451 e. The van der Waals surface area contributed by atoms with Gasteiger partial charge in [-0.3, -0.25) is 4.79 Å². The van der Waals surface area contributed by atoms with Gasteiger partial charge in [-0.2, -0.15) is 8.61 Å². The molecule has 10 nitrogen and oxygen atoms in total. The summed E-state index contributed by atoms with van der Waals surface area (Å²) in [5.41, 5.74) is 5.39. The first-order valence-electron chi connectivity index (χ1n) is 10.6. The molecular formula is C21H25ClF2N4O6S2. The monoisotopic (exact) mass is 566 g/mol. The van der Waals surface area contributed by atoms with Gasteiger partial charge in [-0.15, -0.1) is 0 Å². The highest BCUT2D eigenvalue weighted by atomic mass is 35.5. The van der Waals surface area contributed by atoms with Gasteiger partial charge in [-0.05, 0) is 50.5 Å². The minimum atomic E-state index is -4.64. The Hall–Kier alpha value is -2.36. The summed E-state index contributed by atoms with van der Waals surface area (Å²) in [6.45, 7) is -1.01. The Bertz CT molecular complexity index is 1320. The van der Waals surface area contributed by atoms with Gasteiger partial charge in [0.15, 0.2) is 17.4 Å². The highest BCUT2D eigenvalue weighted by molar-refractivity contribution is 7.89. The highest BCUT2D eigenvalue weighted by Gasteiger charge is 2.42. The summed E-state index contributed by atoms with van der Waals surface area (Å²) >= 11 is 5.77. The first-order valence-corrected chi connectivity index (χ1v) is 14.0. The molecule has 1 heterocycles. The lowest BCUT2D eigenvalue weighted by Gasteiger charge is -2.38. The number of halogens is 3. The van der Waals surface area contributed by atoms with Crippen molar-refractivity contribution in [2.45, 2.75) is 10.9 Å². The number of nitrogens with two attached hydrogens (primary N) is 1. The second kappa shape index (κ2) is 10.9. The van der Waals surface area contributed by atoms with E-state index in [-0.39, 0.29) is 24.6 Å². The van der Waals surface area contributed by atoms with Crippen LogP contribution in [0.15, 0.2) is 41.3 Å². The van der Waals surface area contributed by atoms with Gasteiger partial charge in [0.2, 0.25) is 26.0 Å². The van der Waals surface area contributed by atoms with Crippen LogP contribution in [-0.2, 0) is 24.8 Å². The first-order chi connectivity index (χ1) is 16.7. The lowest BCUT2D eigenvalue weighted by molar-refractivity contribution is -0.122. The number of benzene rings is 2. The lowest BCUT2D eigenvalue weighted by Crippen LogP contribution is -2.61. The number of hydrogen-bond acceptors (Lipinski definition) is 7. The molecule has 0 spiro atoms. The Morgan fingerprint density at radius 1 is 1.11 bits per heavy atom. The van der Waals surface area contributed by atoms with E-state index in [2.05, 4.69) is 0 Å². The molecule has 1 aliphatic heterocycles. The van der Waals surface area contributed by atoms with E-state index in [1.807, 2.05) is 0 Å². The number of primary amides is 1. The summed E-state index contributed by atoms with van der Waals surface area (Å²) in [5, 5.41) is 0.374. The first kappa shape index (κ1) is 28.2. The molecule has 198 valence electrons. The molecule has 1 amide bonds. The summed E-state index contributed by atoms with van der Waals surface area (Å²) in [6.07, 6.45) is 0. The summed E-state index contributed by atoms with van der Waals surface area (Å²) in [6, 6.07) is 5.16. The molecule has 1 aliphatic rings. The van der Waals surface area contributed by atoms with Crippen LogP contribution in [0, 0.1) is 11.6 Å². The molecule has 0 saturated carbocycles. The normalized spacial score (nSPS) is 17.9. The fourth-order valence-electron chi connectivity index (χ4n) is 3.48. The van der Waals surface area contributed by atoms with E-state index in [1.165, 1.54) is 24.3 Å². The van der Waals surface area contributed by atoms with E-state index in [1.54, 1.807) is 19.0 Å². The smallest absolute Gasteiger partial charge is 0.244 e. The third-order valence-corrected chi connectivity index (χ3v) is 9.38. The second-order valence-corrected chi connectivity index (χ2v) is 12.7. The van der Waals surface area contributed by atoms with E-state index >= 15 is 0 Å². The average Bonchev–Trinajstić information content (AvgIpc) is 2.80. The number of piperazine rings is 1. The maximum atomic E-state index is 14.7. The Kier molecular flexibility index (Phi) is 8.58. The SMILES string of the molecule is CN(C)CCS(=O)(=O)N1CCN(S(=O)(=O)c2cc(F)c(Oc3ccc(Cl)cc3)c(F)c2)[C@@H](C(N)=O)C1. The molecule has 2 aromatic carbocycles. The number of carbonyl (C=O) groups excluding carboxylic acids is 1. The van der Waals surface area contributed by atoms with Gasteiger partial charge in [0, 0.05) is 31.2 Å². The molecule has 0 aromatic heterocycles. The molecule has 1 fully saturated rings. The third kappa shape index (κ3) is 6.30. The average molecular weight is 567 g/mol. The van der Waals surface area contributed by atoms with Crippen LogP contribution in [0.4, 0.5) is 8.78 Å². The number of amides is 1. The number of carbonyl (C=O) groups is 1. The number of sulfonamides is 2. The fourth-order valence-corrected chi connectivity index (χ4v) is 6.79. The van der Waals surface area contributed by atoms with E-state index in [4.69, 9.17) is 22.1 Å². The van der Waals surface area contributed by atoms with E-state index in [0.29, 0.717) is 21.5 Å². The third-order valence-electron chi connectivity index (χ3n) is 5.42. The van der Waals surface area contributed by atoms with Gasteiger partial charge in [-0.1, -0.05) is 11.6 Å². The van der Waals surface area contributed by atoms with Gasteiger partial charge in [-0.25, -0.2) is 25.6 Å². The molecule has 15 heteroatoms. The van der Waals surface area contributed by atoms with Crippen molar-refractivity contribution in [2.24, 2.45) is 5.73 Å². The van der Waals surface area contributed by atoms with Crippen molar-refractivity contribution in [2.75, 3.05) is 46.0 Å². The maximum absolute atomic E-state index is 14.7. The Labute approximate surface area is 213 Å². The van der Waals surface area contributed by atoms with Crippen molar-refractivity contribution in [1.82, 2.24) is 13.5 Å². The molecule has 0 unspecified atom stereocenters. The zero-order valence-corrected chi connectivity index (χ0v) is 21.8. The molecule has 2 N–H and O–H groups in total. The van der Waals surface area contributed by atoms with E-state index in [0.717, 1.165) is 4.31 Å². The van der Waals surface area contributed by atoms with Crippen molar-refractivity contribution in [3.63, 3.8) is 0 Å². The zero-order chi connectivity index (χ0) is 26.8. The van der Waals surface area contributed by atoms with Crippen molar-refractivity contribution in [1.29, 1.82) is 0 Å². The van der Waals surface area contributed by atoms with E-state index in [9.17, 15) is 30.4 Å². The Morgan fingerprint density at radius 2 is 1.69 bits per heavy atom. The van der Waals surface area contributed by atoms with Crippen molar-refractivity contribution in [3.05, 3.63) is 53.1 Å². The maximum Gasteiger partial charge on any atom is 0.244 e. The van der Waals surface area contributed by atoms with Crippen LogP contribution in [0.25, 0.3) is 0 Å². The molecule has 0 radical (unpaired) electrons. The quantitative estimate of drug-likeness (QED) is 0.486. The second-order valence-electron chi connectivity index (χ2n) is 8.28. The molecule has 1 saturated heterocycles.